The molecule has 0 radical (unpaired) electrons. The van der Waals surface area contributed by atoms with Gasteiger partial charge >= 0.3 is 0 Å². The van der Waals surface area contributed by atoms with Crippen molar-refractivity contribution in [1.82, 2.24) is 19.9 Å². The summed E-state index contributed by atoms with van der Waals surface area (Å²) in [5.41, 5.74) is 7.78. The summed E-state index contributed by atoms with van der Waals surface area (Å²) in [6.07, 6.45) is 1.59. The Morgan fingerprint density at radius 1 is 0.962 bits per heavy atom. The Kier molecular flexibility index (Phi) is 4.87. The molecule has 136 valence electrons. The van der Waals surface area contributed by atoms with E-state index in [0.717, 1.165) is 5.56 Å². The van der Waals surface area contributed by atoms with E-state index in [0.29, 0.717) is 40.7 Å². The van der Waals surface area contributed by atoms with Crippen LogP contribution in [0.2, 0.25) is 0 Å². The van der Waals surface area contributed by atoms with Crippen LogP contribution >= 0.6 is 0 Å². The molecule has 0 saturated carbocycles. The second kappa shape index (κ2) is 7.26. The Balaban J connectivity index is 2.19. The van der Waals surface area contributed by atoms with Gasteiger partial charge in [0.25, 0.3) is 0 Å². The molecule has 2 aromatic heterocycles. The monoisotopic (exact) mass is 357 g/mol. The van der Waals surface area contributed by atoms with Gasteiger partial charge in [-0.1, -0.05) is 0 Å². The Bertz CT molecular complexity index is 923. The molecule has 0 saturated heterocycles. The number of nitrogens with two attached hydrogens (primary N) is 1. The van der Waals surface area contributed by atoms with E-state index in [1.54, 1.807) is 39.7 Å². The lowest BCUT2D eigenvalue weighted by molar-refractivity contribution is 0.324. The summed E-state index contributed by atoms with van der Waals surface area (Å²) in [5, 5.41) is 0. The molecule has 0 atom stereocenters. The van der Waals surface area contributed by atoms with Gasteiger partial charge in [0.1, 0.15) is 0 Å². The summed E-state index contributed by atoms with van der Waals surface area (Å²) in [7, 11) is 4.65. The lowest BCUT2D eigenvalue weighted by Crippen LogP contribution is -2.04. The minimum absolute atomic E-state index is 0.0794. The summed E-state index contributed by atoms with van der Waals surface area (Å²) >= 11 is 0. The molecule has 1 aromatic carbocycles. The molecule has 0 spiro atoms. The maximum atomic E-state index is 5.69. The van der Waals surface area contributed by atoms with E-state index in [4.69, 9.17) is 24.7 Å². The van der Waals surface area contributed by atoms with Crippen LogP contribution in [0.1, 0.15) is 6.92 Å². The zero-order valence-corrected chi connectivity index (χ0v) is 14.9. The number of aromatic nitrogens is 4. The highest BCUT2D eigenvalue weighted by Crippen LogP contribution is 2.41. The highest BCUT2D eigenvalue weighted by atomic mass is 16.5. The van der Waals surface area contributed by atoms with Gasteiger partial charge in [-0.25, -0.2) is 9.97 Å². The summed E-state index contributed by atoms with van der Waals surface area (Å²) < 4.78 is 21.6. The number of nitrogen functional groups attached to an aromatic ring is 1. The van der Waals surface area contributed by atoms with Crippen molar-refractivity contribution in [2.75, 3.05) is 33.7 Å². The van der Waals surface area contributed by atoms with Crippen molar-refractivity contribution < 1.29 is 18.9 Å². The summed E-state index contributed by atoms with van der Waals surface area (Å²) in [5.74, 6) is 1.90. The van der Waals surface area contributed by atoms with Crippen LogP contribution in [-0.2, 0) is 0 Å². The molecule has 0 aliphatic heterocycles. The smallest absolute Gasteiger partial charge is 0.247 e. The van der Waals surface area contributed by atoms with Crippen molar-refractivity contribution in [1.29, 1.82) is 0 Å². The largest absolute Gasteiger partial charge is 0.493 e. The van der Waals surface area contributed by atoms with E-state index in [1.807, 2.05) is 6.92 Å². The maximum Gasteiger partial charge on any atom is 0.247 e. The van der Waals surface area contributed by atoms with Crippen LogP contribution in [0.4, 0.5) is 5.95 Å². The molecular formula is C17H19N5O4. The van der Waals surface area contributed by atoms with Crippen LogP contribution < -0.4 is 24.7 Å². The second-order valence-electron chi connectivity index (χ2n) is 5.16. The minimum Gasteiger partial charge on any atom is -0.493 e. The quantitative estimate of drug-likeness (QED) is 0.708. The first-order valence-corrected chi connectivity index (χ1v) is 7.84. The molecule has 0 aliphatic carbocycles. The van der Waals surface area contributed by atoms with Crippen molar-refractivity contribution in [3.63, 3.8) is 0 Å². The van der Waals surface area contributed by atoms with Gasteiger partial charge in [-0.2, -0.15) is 9.97 Å². The molecule has 26 heavy (non-hydrogen) atoms. The number of methoxy groups -OCH3 is 3. The molecule has 3 aromatic rings. The first kappa shape index (κ1) is 17.5. The summed E-state index contributed by atoms with van der Waals surface area (Å²) in [6, 6.07) is 3.57. The fraction of sp³-hybridized carbons (Fsp3) is 0.294. The topological polar surface area (TPSA) is 115 Å². The third kappa shape index (κ3) is 3.10. The van der Waals surface area contributed by atoms with Gasteiger partial charge in [0, 0.05) is 5.56 Å². The van der Waals surface area contributed by atoms with Crippen LogP contribution in [0.25, 0.3) is 22.4 Å². The third-order valence-corrected chi connectivity index (χ3v) is 3.63. The van der Waals surface area contributed by atoms with Crippen molar-refractivity contribution in [3.8, 4) is 34.4 Å². The number of ether oxygens (including phenoxy) is 4. The van der Waals surface area contributed by atoms with E-state index < -0.39 is 0 Å². The van der Waals surface area contributed by atoms with Gasteiger partial charge in [0.05, 0.1) is 39.8 Å². The zero-order chi connectivity index (χ0) is 18.7. The molecule has 0 aliphatic rings. The van der Waals surface area contributed by atoms with Gasteiger partial charge in [0.2, 0.25) is 17.6 Å². The second-order valence-corrected chi connectivity index (χ2v) is 5.16. The summed E-state index contributed by atoms with van der Waals surface area (Å²) in [4.78, 5) is 17.1. The number of fused-ring (bicyclic) bond motifs is 1. The van der Waals surface area contributed by atoms with Crippen LogP contribution in [-0.4, -0.2) is 47.9 Å². The van der Waals surface area contributed by atoms with Gasteiger partial charge in [-0.15, -0.1) is 0 Å². The predicted molar refractivity (Wildman–Crippen MR) is 95.8 cm³/mol. The molecule has 9 heteroatoms. The fourth-order valence-electron chi connectivity index (χ4n) is 2.50. The predicted octanol–water partition coefficient (Wildman–Crippen LogP) is 2.09. The zero-order valence-electron chi connectivity index (χ0n) is 14.9. The van der Waals surface area contributed by atoms with Crippen molar-refractivity contribution in [2.24, 2.45) is 0 Å². The highest BCUT2D eigenvalue weighted by Gasteiger charge is 2.17. The molecule has 2 heterocycles. The molecule has 0 bridgehead atoms. The van der Waals surface area contributed by atoms with Gasteiger partial charge in [-0.05, 0) is 19.1 Å². The number of rotatable bonds is 6. The number of nitrogens with zero attached hydrogens (tertiary/aromatic N) is 4. The van der Waals surface area contributed by atoms with E-state index in [9.17, 15) is 0 Å². The Labute approximate surface area is 150 Å². The van der Waals surface area contributed by atoms with Crippen LogP contribution in [0.15, 0.2) is 18.3 Å². The highest BCUT2D eigenvalue weighted by molar-refractivity contribution is 5.80. The summed E-state index contributed by atoms with van der Waals surface area (Å²) in [6.45, 7) is 2.27. The SMILES string of the molecule is CCOc1nc(N)nc2ncc(-c3cc(OC)c(OC)c(OC)c3)nc12. The first-order chi connectivity index (χ1) is 12.6. The van der Waals surface area contributed by atoms with E-state index >= 15 is 0 Å². The molecule has 2 N–H and O–H groups in total. The number of benzene rings is 1. The van der Waals surface area contributed by atoms with Gasteiger partial charge in [-0.3, -0.25) is 0 Å². The Morgan fingerprint density at radius 3 is 2.23 bits per heavy atom. The lowest BCUT2D eigenvalue weighted by atomic mass is 10.1. The van der Waals surface area contributed by atoms with E-state index in [2.05, 4.69) is 19.9 Å². The van der Waals surface area contributed by atoms with Crippen LogP contribution in [0.5, 0.6) is 23.1 Å². The normalized spacial score (nSPS) is 10.6. The standard InChI is InChI=1S/C17H19N5O4/c1-5-26-16-13-15(21-17(18)22-16)19-8-10(20-13)9-6-11(23-2)14(25-4)12(7-9)24-3/h6-8H,5H2,1-4H3,(H2,18,19,21,22). The van der Waals surface area contributed by atoms with E-state index in [1.165, 1.54) is 0 Å². The molecular weight excluding hydrogens is 338 g/mol. The fourth-order valence-corrected chi connectivity index (χ4v) is 2.50. The number of anilines is 1. The number of hydrogen-bond acceptors (Lipinski definition) is 9. The van der Waals surface area contributed by atoms with Gasteiger partial charge in [0.15, 0.2) is 22.7 Å². The Morgan fingerprint density at radius 2 is 1.65 bits per heavy atom. The van der Waals surface area contributed by atoms with Gasteiger partial charge < -0.3 is 24.7 Å². The number of hydrogen-bond donors (Lipinski definition) is 1. The first-order valence-electron chi connectivity index (χ1n) is 7.84. The molecule has 3 rings (SSSR count). The minimum atomic E-state index is 0.0794. The van der Waals surface area contributed by atoms with Crippen molar-refractivity contribution in [3.05, 3.63) is 18.3 Å². The third-order valence-electron chi connectivity index (χ3n) is 3.63. The average molecular weight is 357 g/mol. The maximum absolute atomic E-state index is 5.69. The van der Waals surface area contributed by atoms with Crippen LogP contribution in [0, 0.1) is 0 Å². The van der Waals surface area contributed by atoms with Crippen molar-refractivity contribution in [2.45, 2.75) is 6.92 Å². The Hall–Kier alpha value is -3.36. The molecule has 0 amide bonds. The lowest BCUT2D eigenvalue weighted by Gasteiger charge is -2.14. The van der Waals surface area contributed by atoms with Crippen molar-refractivity contribution >= 4 is 17.1 Å². The average Bonchev–Trinajstić information content (AvgIpc) is 2.66. The van der Waals surface area contributed by atoms with E-state index in [-0.39, 0.29) is 11.8 Å². The molecule has 9 nitrogen and oxygen atoms in total. The molecule has 0 unspecified atom stereocenters. The molecule has 0 fully saturated rings. The van der Waals surface area contributed by atoms with Crippen LogP contribution in [0.3, 0.4) is 0 Å².